The molecule has 0 bridgehead atoms. The zero-order valence-corrected chi connectivity index (χ0v) is 8.91. The number of carbonyl (C=O) groups excluding carboxylic acids is 1. The predicted octanol–water partition coefficient (Wildman–Crippen LogP) is 0.726. The van der Waals surface area contributed by atoms with Gasteiger partial charge in [-0.1, -0.05) is 11.6 Å². The van der Waals surface area contributed by atoms with Crippen LogP contribution in [0.2, 0.25) is 0 Å². The fourth-order valence-electron chi connectivity index (χ4n) is 1.26. The molecule has 0 fully saturated rings. The van der Waals surface area contributed by atoms with Gasteiger partial charge in [0, 0.05) is 6.54 Å². The van der Waals surface area contributed by atoms with Gasteiger partial charge in [0.05, 0.1) is 19.3 Å². The largest absolute Gasteiger partial charge is 0.496 e. The van der Waals surface area contributed by atoms with Crippen molar-refractivity contribution in [2.24, 2.45) is 0 Å². The van der Waals surface area contributed by atoms with Gasteiger partial charge in [0.1, 0.15) is 5.75 Å². The molecule has 0 saturated carbocycles. The van der Waals surface area contributed by atoms with Gasteiger partial charge < -0.3 is 15.2 Å². The Hall–Kier alpha value is -1.55. The smallest absolute Gasteiger partial charge is 0.255 e. The fraction of sp³-hybridized carbons (Fsp3) is 0.364. The van der Waals surface area contributed by atoms with Crippen LogP contribution in [0.3, 0.4) is 0 Å². The van der Waals surface area contributed by atoms with E-state index in [1.165, 1.54) is 7.11 Å². The molecule has 82 valence electrons. The Morgan fingerprint density at radius 3 is 2.87 bits per heavy atom. The van der Waals surface area contributed by atoms with Crippen molar-refractivity contribution >= 4 is 5.91 Å². The van der Waals surface area contributed by atoms with Crippen LogP contribution in [-0.2, 0) is 0 Å². The van der Waals surface area contributed by atoms with Gasteiger partial charge in [-0.25, -0.2) is 0 Å². The van der Waals surface area contributed by atoms with Crippen molar-refractivity contribution in [2.75, 3.05) is 20.3 Å². The minimum atomic E-state index is -0.232. The normalized spacial score (nSPS) is 9.80. The third kappa shape index (κ3) is 2.95. The van der Waals surface area contributed by atoms with Crippen molar-refractivity contribution < 1.29 is 14.6 Å². The van der Waals surface area contributed by atoms with Gasteiger partial charge in [0.2, 0.25) is 0 Å². The van der Waals surface area contributed by atoms with Gasteiger partial charge >= 0.3 is 0 Å². The lowest BCUT2D eigenvalue weighted by atomic mass is 10.1. The number of aryl methyl sites for hydroxylation is 1. The second-order valence-corrected chi connectivity index (χ2v) is 3.18. The summed E-state index contributed by atoms with van der Waals surface area (Å²) in [7, 11) is 1.52. The number of benzene rings is 1. The van der Waals surface area contributed by atoms with Crippen LogP contribution in [0.5, 0.6) is 5.75 Å². The summed E-state index contributed by atoms with van der Waals surface area (Å²) in [4.78, 5) is 11.6. The molecule has 0 aliphatic heterocycles. The van der Waals surface area contributed by atoms with Crippen LogP contribution >= 0.6 is 0 Å². The lowest BCUT2D eigenvalue weighted by Gasteiger charge is -2.09. The van der Waals surface area contributed by atoms with E-state index in [9.17, 15) is 4.79 Å². The molecule has 15 heavy (non-hydrogen) atoms. The Bertz CT molecular complexity index is 350. The number of methoxy groups -OCH3 is 1. The maximum atomic E-state index is 11.6. The minimum Gasteiger partial charge on any atom is -0.496 e. The van der Waals surface area contributed by atoms with Gasteiger partial charge in [-0.15, -0.1) is 0 Å². The molecule has 0 saturated heterocycles. The van der Waals surface area contributed by atoms with E-state index >= 15 is 0 Å². The molecule has 1 amide bonds. The summed E-state index contributed by atoms with van der Waals surface area (Å²) >= 11 is 0. The standard InChI is InChI=1S/C11H15NO3/c1-8-3-4-10(15-2)9(7-8)11(14)12-5-6-13/h3-4,7,13H,5-6H2,1-2H3,(H,12,14). The summed E-state index contributed by atoms with van der Waals surface area (Å²) in [6.45, 7) is 2.08. The number of carbonyl (C=O) groups is 1. The molecular weight excluding hydrogens is 194 g/mol. The number of hydrogen-bond acceptors (Lipinski definition) is 3. The van der Waals surface area contributed by atoms with Crippen LogP contribution in [-0.4, -0.2) is 31.3 Å². The highest BCUT2D eigenvalue weighted by atomic mass is 16.5. The Labute approximate surface area is 88.9 Å². The predicted molar refractivity (Wildman–Crippen MR) is 57.2 cm³/mol. The Balaban J connectivity index is 2.90. The van der Waals surface area contributed by atoms with Crippen LogP contribution in [0, 0.1) is 6.92 Å². The van der Waals surface area contributed by atoms with Gasteiger partial charge in [-0.05, 0) is 19.1 Å². The molecule has 0 heterocycles. The second-order valence-electron chi connectivity index (χ2n) is 3.18. The van der Waals surface area contributed by atoms with Crippen LogP contribution in [0.25, 0.3) is 0 Å². The molecule has 0 aliphatic rings. The lowest BCUT2D eigenvalue weighted by molar-refractivity contribution is 0.0941. The summed E-state index contributed by atoms with van der Waals surface area (Å²) < 4.78 is 5.08. The quantitative estimate of drug-likeness (QED) is 0.768. The zero-order chi connectivity index (χ0) is 11.3. The zero-order valence-electron chi connectivity index (χ0n) is 8.91. The van der Waals surface area contributed by atoms with E-state index < -0.39 is 0 Å². The Morgan fingerprint density at radius 1 is 1.53 bits per heavy atom. The first-order valence-corrected chi connectivity index (χ1v) is 4.72. The monoisotopic (exact) mass is 209 g/mol. The third-order valence-corrected chi connectivity index (χ3v) is 2.00. The molecular formula is C11H15NO3. The van der Waals surface area contributed by atoms with Crippen molar-refractivity contribution in [3.8, 4) is 5.75 Å². The number of ether oxygens (including phenoxy) is 1. The molecule has 0 aromatic heterocycles. The van der Waals surface area contributed by atoms with E-state index in [0.717, 1.165) is 5.56 Å². The maximum Gasteiger partial charge on any atom is 0.255 e. The third-order valence-electron chi connectivity index (χ3n) is 2.00. The van der Waals surface area contributed by atoms with Crippen molar-refractivity contribution in [3.63, 3.8) is 0 Å². The van der Waals surface area contributed by atoms with Crippen LogP contribution in [0.15, 0.2) is 18.2 Å². The molecule has 1 aromatic carbocycles. The first-order chi connectivity index (χ1) is 7.19. The van der Waals surface area contributed by atoms with Crippen molar-refractivity contribution in [1.29, 1.82) is 0 Å². The molecule has 0 unspecified atom stereocenters. The van der Waals surface area contributed by atoms with Gasteiger partial charge in [-0.3, -0.25) is 4.79 Å². The summed E-state index contributed by atoms with van der Waals surface area (Å²) in [6.07, 6.45) is 0. The SMILES string of the molecule is COc1ccc(C)cc1C(=O)NCCO. The number of rotatable bonds is 4. The molecule has 0 atom stereocenters. The molecule has 0 aliphatic carbocycles. The average Bonchev–Trinajstić information content (AvgIpc) is 2.25. The van der Waals surface area contributed by atoms with Crippen LogP contribution in [0.4, 0.5) is 0 Å². The number of aliphatic hydroxyl groups is 1. The second kappa shape index (κ2) is 5.36. The van der Waals surface area contributed by atoms with E-state index in [1.807, 2.05) is 13.0 Å². The van der Waals surface area contributed by atoms with E-state index in [2.05, 4.69) is 5.32 Å². The van der Waals surface area contributed by atoms with Crippen LogP contribution in [0.1, 0.15) is 15.9 Å². The Kier molecular flexibility index (Phi) is 4.12. The Morgan fingerprint density at radius 2 is 2.27 bits per heavy atom. The average molecular weight is 209 g/mol. The highest BCUT2D eigenvalue weighted by Crippen LogP contribution is 2.19. The summed E-state index contributed by atoms with van der Waals surface area (Å²) in [6, 6.07) is 5.39. The van der Waals surface area contributed by atoms with E-state index in [-0.39, 0.29) is 19.1 Å². The number of nitrogens with one attached hydrogen (secondary N) is 1. The van der Waals surface area contributed by atoms with Crippen LogP contribution < -0.4 is 10.1 Å². The fourth-order valence-corrected chi connectivity index (χ4v) is 1.26. The topological polar surface area (TPSA) is 58.6 Å². The molecule has 2 N–H and O–H groups in total. The van der Waals surface area contributed by atoms with Gasteiger partial charge in [0.15, 0.2) is 0 Å². The first-order valence-electron chi connectivity index (χ1n) is 4.72. The lowest BCUT2D eigenvalue weighted by Crippen LogP contribution is -2.26. The summed E-state index contributed by atoms with van der Waals surface area (Å²) in [5.41, 5.74) is 1.48. The van der Waals surface area contributed by atoms with Gasteiger partial charge in [0.25, 0.3) is 5.91 Å². The molecule has 1 rings (SSSR count). The molecule has 4 nitrogen and oxygen atoms in total. The number of hydrogen-bond donors (Lipinski definition) is 2. The molecule has 0 spiro atoms. The number of amides is 1. The highest BCUT2D eigenvalue weighted by Gasteiger charge is 2.11. The van der Waals surface area contributed by atoms with Crippen molar-refractivity contribution in [1.82, 2.24) is 5.32 Å². The highest BCUT2D eigenvalue weighted by molar-refractivity contribution is 5.97. The van der Waals surface area contributed by atoms with E-state index in [0.29, 0.717) is 11.3 Å². The van der Waals surface area contributed by atoms with Crippen molar-refractivity contribution in [2.45, 2.75) is 6.92 Å². The molecule has 4 heteroatoms. The summed E-state index contributed by atoms with van der Waals surface area (Å²) in [5.74, 6) is 0.306. The molecule has 1 aromatic rings. The van der Waals surface area contributed by atoms with Gasteiger partial charge in [-0.2, -0.15) is 0 Å². The minimum absolute atomic E-state index is 0.0696. The van der Waals surface area contributed by atoms with E-state index in [1.54, 1.807) is 12.1 Å². The first kappa shape index (κ1) is 11.5. The maximum absolute atomic E-state index is 11.6. The molecule has 0 radical (unpaired) electrons. The van der Waals surface area contributed by atoms with Crippen molar-refractivity contribution in [3.05, 3.63) is 29.3 Å². The van der Waals surface area contributed by atoms with E-state index in [4.69, 9.17) is 9.84 Å². The summed E-state index contributed by atoms with van der Waals surface area (Å²) in [5, 5.41) is 11.2. The number of aliphatic hydroxyl groups excluding tert-OH is 1.